The summed E-state index contributed by atoms with van der Waals surface area (Å²) in [5.41, 5.74) is 2.06. The van der Waals surface area contributed by atoms with Gasteiger partial charge in [0.25, 0.3) is 0 Å². The molecular formula is C21H27BrN2O5S. The predicted molar refractivity (Wildman–Crippen MR) is 121 cm³/mol. The molecule has 1 aromatic carbocycles. The zero-order valence-electron chi connectivity index (χ0n) is 17.2. The van der Waals surface area contributed by atoms with Crippen molar-refractivity contribution in [1.82, 2.24) is 5.32 Å². The number of esters is 1. The Bertz CT molecular complexity index is 839. The van der Waals surface area contributed by atoms with Crippen molar-refractivity contribution in [3.05, 3.63) is 33.6 Å². The van der Waals surface area contributed by atoms with Crippen LogP contribution >= 0.6 is 27.3 Å². The standard InChI is InChI=1S/C21H27BrN2O5S/c1-3-28-29-12-11-27-18-17(22)19(30-20(18)21(25)26-2)14-5-4-6-16(13-14)24-15-7-9-23-10-8-15/h4-6,13,15,23-24H,3,7-12H2,1-2H3. The van der Waals surface area contributed by atoms with Crippen LogP contribution in [0.1, 0.15) is 29.4 Å². The van der Waals surface area contributed by atoms with Gasteiger partial charge in [-0.05, 0) is 66.5 Å². The SMILES string of the molecule is CCOOCCOc1c(C(=O)OC)sc(-c2cccc(NC3CCNCC3)c2)c1Br. The van der Waals surface area contributed by atoms with Gasteiger partial charge in [0.2, 0.25) is 0 Å². The van der Waals surface area contributed by atoms with Crippen molar-refractivity contribution < 1.29 is 24.0 Å². The van der Waals surface area contributed by atoms with Crippen LogP contribution in [0.3, 0.4) is 0 Å². The summed E-state index contributed by atoms with van der Waals surface area (Å²) in [6.07, 6.45) is 2.20. The molecule has 0 spiro atoms. The molecule has 164 valence electrons. The number of carbonyl (C=O) groups is 1. The topological polar surface area (TPSA) is 78.1 Å². The van der Waals surface area contributed by atoms with Crippen molar-refractivity contribution in [3.63, 3.8) is 0 Å². The Morgan fingerprint density at radius 3 is 2.80 bits per heavy atom. The highest BCUT2D eigenvalue weighted by Gasteiger charge is 2.25. The molecule has 1 aliphatic heterocycles. The first-order chi connectivity index (χ1) is 14.6. The summed E-state index contributed by atoms with van der Waals surface area (Å²) in [7, 11) is 1.36. The lowest BCUT2D eigenvalue weighted by Crippen LogP contribution is -2.35. The maximum Gasteiger partial charge on any atom is 0.351 e. The maximum absolute atomic E-state index is 12.3. The Kier molecular flexibility index (Phi) is 8.95. The minimum atomic E-state index is -0.434. The van der Waals surface area contributed by atoms with Gasteiger partial charge in [-0.1, -0.05) is 12.1 Å². The Balaban J connectivity index is 1.80. The molecule has 7 nitrogen and oxygen atoms in total. The number of piperidine rings is 1. The van der Waals surface area contributed by atoms with Crippen LogP contribution < -0.4 is 15.4 Å². The zero-order valence-corrected chi connectivity index (χ0v) is 19.6. The Hall–Kier alpha value is -1.65. The van der Waals surface area contributed by atoms with Crippen LogP contribution in [-0.4, -0.2) is 52.0 Å². The number of carbonyl (C=O) groups excluding carboxylic acids is 1. The van der Waals surface area contributed by atoms with Gasteiger partial charge in [0, 0.05) is 11.7 Å². The number of benzene rings is 1. The zero-order chi connectivity index (χ0) is 21.3. The monoisotopic (exact) mass is 498 g/mol. The number of halogens is 1. The average molecular weight is 499 g/mol. The van der Waals surface area contributed by atoms with Crippen LogP contribution in [-0.2, 0) is 14.5 Å². The number of hydrogen-bond acceptors (Lipinski definition) is 8. The fraction of sp³-hybridized carbons (Fsp3) is 0.476. The highest BCUT2D eigenvalue weighted by atomic mass is 79.9. The van der Waals surface area contributed by atoms with E-state index in [4.69, 9.17) is 19.2 Å². The molecule has 9 heteroatoms. The van der Waals surface area contributed by atoms with Gasteiger partial charge in [-0.25, -0.2) is 14.6 Å². The minimum absolute atomic E-state index is 0.246. The van der Waals surface area contributed by atoms with Gasteiger partial charge >= 0.3 is 5.97 Å². The van der Waals surface area contributed by atoms with Crippen molar-refractivity contribution in [2.45, 2.75) is 25.8 Å². The number of methoxy groups -OCH3 is 1. The van der Waals surface area contributed by atoms with Crippen molar-refractivity contribution in [2.75, 3.05) is 45.3 Å². The molecule has 2 aromatic rings. The summed E-state index contributed by atoms with van der Waals surface area (Å²) in [6.45, 7) is 4.86. The van der Waals surface area contributed by atoms with Gasteiger partial charge in [-0.2, -0.15) is 0 Å². The van der Waals surface area contributed by atoms with E-state index in [-0.39, 0.29) is 13.2 Å². The molecule has 30 heavy (non-hydrogen) atoms. The van der Waals surface area contributed by atoms with E-state index in [1.165, 1.54) is 18.4 Å². The van der Waals surface area contributed by atoms with Crippen LogP contribution in [0, 0.1) is 0 Å². The molecule has 1 aromatic heterocycles. The lowest BCUT2D eigenvalue weighted by molar-refractivity contribution is -0.293. The summed E-state index contributed by atoms with van der Waals surface area (Å²) < 4.78 is 11.5. The fourth-order valence-electron chi connectivity index (χ4n) is 3.21. The third-order valence-corrected chi connectivity index (χ3v) is 6.85. The molecule has 1 fully saturated rings. The molecule has 0 atom stereocenters. The van der Waals surface area contributed by atoms with Crippen molar-refractivity contribution in [3.8, 4) is 16.2 Å². The lowest BCUT2D eigenvalue weighted by atomic mass is 10.1. The normalized spacial score (nSPS) is 14.5. The third-order valence-electron chi connectivity index (χ3n) is 4.63. The summed E-state index contributed by atoms with van der Waals surface area (Å²) in [5, 5.41) is 6.99. The van der Waals surface area contributed by atoms with Crippen LogP contribution in [0.5, 0.6) is 5.75 Å². The quantitative estimate of drug-likeness (QED) is 0.216. The first-order valence-electron chi connectivity index (χ1n) is 9.99. The van der Waals surface area contributed by atoms with Crippen molar-refractivity contribution in [1.29, 1.82) is 0 Å². The predicted octanol–water partition coefficient (Wildman–Crippen LogP) is 4.48. The molecule has 2 N–H and O–H groups in total. The Labute approximate surface area is 189 Å². The van der Waals surface area contributed by atoms with E-state index in [0.717, 1.165) is 46.5 Å². The number of ether oxygens (including phenoxy) is 2. The molecule has 0 amide bonds. The van der Waals surface area contributed by atoms with Crippen LogP contribution in [0.15, 0.2) is 28.7 Å². The molecular weight excluding hydrogens is 472 g/mol. The third kappa shape index (κ3) is 5.95. The number of thiophene rings is 1. The van der Waals surface area contributed by atoms with Gasteiger partial charge in [0.05, 0.1) is 23.1 Å². The highest BCUT2D eigenvalue weighted by Crippen LogP contribution is 2.46. The summed E-state index contributed by atoms with van der Waals surface area (Å²) >= 11 is 4.96. The molecule has 0 aliphatic carbocycles. The largest absolute Gasteiger partial charge is 0.488 e. The van der Waals surface area contributed by atoms with Gasteiger partial charge in [-0.3, -0.25) is 0 Å². The number of hydrogen-bond donors (Lipinski definition) is 2. The van der Waals surface area contributed by atoms with Crippen molar-refractivity contribution in [2.24, 2.45) is 0 Å². The first-order valence-corrected chi connectivity index (χ1v) is 11.6. The molecule has 0 bridgehead atoms. The van der Waals surface area contributed by atoms with Gasteiger partial charge in [0.1, 0.15) is 13.2 Å². The number of rotatable bonds is 10. The Morgan fingerprint density at radius 1 is 1.27 bits per heavy atom. The van der Waals surface area contributed by atoms with E-state index < -0.39 is 5.97 Å². The lowest BCUT2D eigenvalue weighted by Gasteiger charge is -2.24. The fourth-order valence-corrected chi connectivity index (χ4v) is 5.18. The van der Waals surface area contributed by atoms with E-state index in [2.05, 4.69) is 38.7 Å². The number of anilines is 1. The van der Waals surface area contributed by atoms with Gasteiger partial charge in [0.15, 0.2) is 10.6 Å². The Morgan fingerprint density at radius 2 is 2.07 bits per heavy atom. The van der Waals surface area contributed by atoms with Gasteiger partial charge < -0.3 is 20.1 Å². The van der Waals surface area contributed by atoms with Crippen molar-refractivity contribution >= 4 is 38.9 Å². The molecule has 2 heterocycles. The molecule has 0 radical (unpaired) electrons. The molecule has 1 saturated heterocycles. The second kappa shape index (κ2) is 11.7. The first kappa shape index (κ1) is 23.0. The molecule has 0 saturated carbocycles. The number of nitrogens with one attached hydrogen (secondary N) is 2. The molecule has 1 aliphatic rings. The van der Waals surface area contributed by atoms with E-state index in [1.54, 1.807) is 0 Å². The molecule has 3 rings (SSSR count). The molecule has 0 unspecified atom stereocenters. The van der Waals surface area contributed by atoms with E-state index >= 15 is 0 Å². The maximum atomic E-state index is 12.3. The summed E-state index contributed by atoms with van der Waals surface area (Å²) in [4.78, 5) is 23.5. The average Bonchev–Trinajstić information content (AvgIpc) is 3.10. The van der Waals surface area contributed by atoms with Crippen LogP contribution in [0.2, 0.25) is 0 Å². The van der Waals surface area contributed by atoms with Gasteiger partial charge in [-0.15, -0.1) is 11.3 Å². The second-order valence-corrected chi connectivity index (χ2v) is 8.53. The highest BCUT2D eigenvalue weighted by molar-refractivity contribution is 9.10. The van der Waals surface area contributed by atoms with Crippen LogP contribution in [0.25, 0.3) is 10.4 Å². The second-order valence-electron chi connectivity index (χ2n) is 6.72. The van der Waals surface area contributed by atoms with E-state index in [1.807, 2.05) is 19.1 Å². The smallest absolute Gasteiger partial charge is 0.351 e. The summed E-state index contributed by atoms with van der Waals surface area (Å²) in [6, 6.07) is 8.66. The minimum Gasteiger partial charge on any atom is -0.488 e. The summed E-state index contributed by atoms with van der Waals surface area (Å²) in [5.74, 6) is 0.0235. The van der Waals surface area contributed by atoms with E-state index in [0.29, 0.717) is 23.3 Å². The van der Waals surface area contributed by atoms with E-state index in [9.17, 15) is 4.79 Å². The van der Waals surface area contributed by atoms with Crippen LogP contribution in [0.4, 0.5) is 5.69 Å².